The molecule has 0 amide bonds. The van der Waals surface area contributed by atoms with Crippen molar-refractivity contribution in [3.63, 3.8) is 0 Å². The molecule has 130 valence electrons. The first-order valence-corrected chi connectivity index (χ1v) is 9.90. The molecule has 0 aliphatic carbocycles. The number of nitrogens with zero attached hydrogens (tertiary/aromatic N) is 2. The van der Waals surface area contributed by atoms with Gasteiger partial charge in [0.1, 0.15) is 5.75 Å². The highest BCUT2D eigenvalue weighted by Gasteiger charge is 2.06. The van der Waals surface area contributed by atoms with E-state index in [2.05, 4.69) is 53.6 Å². The second kappa shape index (κ2) is 8.36. The zero-order chi connectivity index (χ0) is 17.6. The van der Waals surface area contributed by atoms with Crippen LogP contribution in [0, 0.1) is 0 Å². The summed E-state index contributed by atoms with van der Waals surface area (Å²) in [6, 6.07) is 16.6. The molecule has 0 atom stereocenters. The molecule has 0 saturated carbocycles. The minimum absolute atomic E-state index is 0.566. The number of anilines is 2. The Morgan fingerprint density at radius 1 is 1.04 bits per heavy atom. The second-order valence-corrected chi connectivity index (χ2v) is 8.11. The van der Waals surface area contributed by atoms with Crippen molar-refractivity contribution in [2.24, 2.45) is 0 Å². The van der Waals surface area contributed by atoms with Gasteiger partial charge in [0.15, 0.2) is 4.34 Å². The molecule has 1 aromatic heterocycles. The number of thioether (sulfide) groups is 1. The zero-order valence-corrected chi connectivity index (χ0v) is 16.2. The molecule has 0 aliphatic heterocycles. The summed E-state index contributed by atoms with van der Waals surface area (Å²) in [4.78, 5) is 0. The van der Waals surface area contributed by atoms with E-state index in [0.29, 0.717) is 5.92 Å². The van der Waals surface area contributed by atoms with Crippen LogP contribution in [-0.2, 0) is 5.75 Å². The number of benzene rings is 2. The van der Waals surface area contributed by atoms with Gasteiger partial charge < -0.3 is 10.1 Å². The van der Waals surface area contributed by atoms with E-state index in [1.165, 1.54) is 11.1 Å². The number of rotatable bonds is 7. The standard InChI is InChI=1S/C19H21N3OS2/c1-13(2)15-6-4-14(5-7-15)12-24-19-22-21-18(25-19)20-16-8-10-17(23-3)11-9-16/h4-11,13H,12H2,1-3H3,(H,20,21). The van der Waals surface area contributed by atoms with Crippen molar-refractivity contribution < 1.29 is 4.74 Å². The van der Waals surface area contributed by atoms with Crippen molar-refractivity contribution in [1.29, 1.82) is 0 Å². The smallest absolute Gasteiger partial charge is 0.210 e. The third-order valence-electron chi connectivity index (χ3n) is 3.76. The number of methoxy groups -OCH3 is 1. The van der Waals surface area contributed by atoms with E-state index in [9.17, 15) is 0 Å². The van der Waals surface area contributed by atoms with Crippen molar-refractivity contribution in [2.75, 3.05) is 12.4 Å². The number of hydrogen-bond donors (Lipinski definition) is 1. The molecule has 2 aromatic carbocycles. The fourth-order valence-corrected chi connectivity index (χ4v) is 3.99. The maximum absolute atomic E-state index is 5.16. The van der Waals surface area contributed by atoms with E-state index in [-0.39, 0.29) is 0 Å². The van der Waals surface area contributed by atoms with Gasteiger partial charge in [-0.2, -0.15) is 0 Å². The summed E-state index contributed by atoms with van der Waals surface area (Å²) in [7, 11) is 1.66. The first kappa shape index (κ1) is 17.8. The van der Waals surface area contributed by atoms with Gasteiger partial charge in [-0.25, -0.2) is 0 Å². The van der Waals surface area contributed by atoms with E-state index < -0.39 is 0 Å². The Balaban J connectivity index is 1.55. The van der Waals surface area contributed by atoms with Crippen molar-refractivity contribution in [3.05, 3.63) is 59.7 Å². The third kappa shape index (κ3) is 4.96. The van der Waals surface area contributed by atoms with E-state index in [0.717, 1.165) is 26.7 Å². The fourth-order valence-electron chi connectivity index (χ4n) is 2.26. The minimum Gasteiger partial charge on any atom is -0.497 e. The van der Waals surface area contributed by atoms with Crippen LogP contribution in [0.3, 0.4) is 0 Å². The number of hydrogen-bond acceptors (Lipinski definition) is 6. The molecule has 0 radical (unpaired) electrons. The second-order valence-electron chi connectivity index (χ2n) is 5.91. The molecule has 0 spiro atoms. The van der Waals surface area contributed by atoms with Crippen LogP contribution in [0.25, 0.3) is 0 Å². The molecule has 0 unspecified atom stereocenters. The molecule has 25 heavy (non-hydrogen) atoms. The predicted molar refractivity (Wildman–Crippen MR) is 106 cm³/mol. The number of nitrogens with one attached hydrogen (secondary N) is 1. The van der Waals surface area contributed by atoms with Gasteiger partial charge in [0.25, 0.3) is 0 Å². The van der Waals surface area contributed by atoms with Gasteiger partial charge in [-0.05, 0) is 41.3 Å². The summed E-state index contributed by atoms with van der Waals surface area (Å²) in [6.45, 7) is 4.42. The monoisotopic (exact) mass is 371 g/mol. The van der Waals surface area contributed by atoms with Crippen LogP contribution in [0.1, 0.15) is 30.9 Å². The van der Waals surface area contributed by atoms with Crippen molar-refractivity contribution in [1.82, 2.24) is 10.2 Å². The molecule has 1 N–H and O–H groups in total. The quantitative estimate of drug-likeness (QED) is 0.539. The highest BCUT2D eigenvalue weighted by atomic mass is 32.2. The maximum atomic E-state index is 5.16. The lowest BCUT2D eigenvalue weighted by Gasteiger charge is -2.06. The van der Waals surface area contributed by atoms with Crippen LogP contribution < -0.4 is 10.1 Å². The van der Waals surface area contributed by atoms with E-state index in [1.807, 2.05) is 24.3 Å². The average molecular weight is 372 g/mol. The van der Waals surface area contributed by atoms with Crippen molar-refractivity contribution >= 4 is 33.9 Å². The molecule has 0 fully saturated rings. The van der Waals surface area contributed by atoms with E-state index >= 15 is 0 Å². The lowest BCUT2D eigenvalue weighted by atomic mass is 10.0. The molecular formula is C19H21N3OS2. The normalized spacial score (nSPS) is 10.9. The number of aromatic nitrogens is 2. The van der Waals surface area contributed by atoms with Gasteiger partial charge in [-0.3, -0.25) is 0 Å². The van der Waals surface area contributed by atoms with Gasteiger partial charge in [-0.1, -0.05) is 61.2 Å². The Kier molecular flexibility index (Phi) is 5.94. The van der Waals surface area contributed by atoms with E-state index in [4.69, 9.17) is 4.74 Å². The summed E-state index contributed by atoms with van der Waals surface area (Å²) in [5.41, 5.74) is 3.64. The van der Waals surface area contributed by atoms with Gasteiger partial charge >= 0.3 is 0 Å². The fraction of sp³-hybridized carbons (Fsp3) is 0.263. The highest BCUT2D eigenvalue weighted by Crippen LogP contribution is 2.30. The predicted octanol–water partition coefficient (Wildman–Crippen LogP) is 5.71. The van der Waals surface area contributed by atoms with Crippen molar-refractivity contribution in [3.8, 4) is 5.75 Å². The lowest BCUT2D eigenvalue weighted by molar-refractivity contribution is 0.415. The first-order chi connectivity index (χ1) is 12.1. The summed E-state index contributed by atoms with van der Waals surface area (Å²) >= 11 is 3.27. The average Bonchev–Trinajstić information content (AvgIpc) is 3.08. The third-order valence-corrected chi connectivity index (χ3v) is 5.80. The molecule has 0 bridgehead atoms. The Bertz CT molecular complexity index is 798. The van der Waals surface area contributed by atoms with Crippen LogP contribution in [0.2, 0.25) is 0 Å². The van der Waals surface area contributed by atoms with Crippen LogP contribution in [0.5, 0.6) is 5.75 Å². The van der Waals surface area contributed by atoms with Crippen LogP contribution in [-0.4, -0.2) is 17.3 Å². The summed E-state index contributed by atoms with van der Waals surface area (Å²) in [5, 5.41) is 12.5. The molecule has 3 aromatic rings. The van der Waals surface area contributed by atoms with Gasteiger partial charge in [0, 0.05) is 11.4 Å². The van der Waals surface area contributed by atoms with E-state index in [1.54, 1.807) is 30.2 Å². The molecule has 1 heterocycles. The first-order valence-electron chi connectivity index (χ1n) is 8.10. The molecular weight excluding hydrogens is 350 g/mol. The van der Waals surface area contributed by atoms with Gasteiger partial charge in [-0.15, -0.1) is 10.2 Å². The Hall–Kier alpha value is -2.05. The zero-order valence-electron chi connectivity index (χ0n) is 14.5. The topological polar surface area (TPSA) is 47.0 Å². The van der Waals surface area contributed by atoms with Gasteiger partial charge in [0.2, 0.25) is 5.13 Å². The minimum atomic E-state index is 0.566. The highest BCUT2D eigenvalue weighted by molar-refractivity contribution is 8.00. The molecule has 3 rings (SSSR count). The Labute approximate surface area is 156 Å². The lowest BCUT2D eigenvalue weighted by Crippen LogP contribution is -1.89. The van der Waals surface area contributed by atoms with Crippen LogP contribution >= 0.6 is 23.1 Å². The Morgan fingerprint density at radius 2 is 1.76 bits per heavy atom. The molecule has 4 nitrogen and oxygen atoms in total. The number of ether oxygens (including phenoxy) is 1. The molecule has 0 aliphatic rings. The largest absolute Gasteiger partial charge is 0.497 e. The maximum Gasteiger partial charge on any atom is 0.210 e. The van der Waals surface area contributed by atoms with Crippen LogP contribution in [0.15, 0.2) is 52.9 Å². The summed E-state index contributed by atoms with van der Waals surface area (Å²) < 4.78 is 6.12. The van der Waals surface area contributed by atoms with Gasteiger partial charge in [0.05, 0.1) is 7.11 Å². The summed E-state index contributed by atoms with van der Waals surface area (Å²) in [5.74, 6) is 2.30. The SMILES string of the molecule is COc1ccc(Nc2nnc(SCc3ccc(C(C)C)cc3)s2)cc1. The Morgan fingerprint density at radius 3 is 2.40 bits per heavy atom. The summed E-state index contributed by atoms with van der Waals surface area (Å²) in [6.07, 6.45) is 0. The van der Waals surface area contributed by atoms with Crippen molar-refractivity contribution in [2.45, 2.75) is 29.9 Å². The van der Waals surface area contributed by atoms with Crippen LogP contribution in [0.4, 0.5) is 10.8 Å². The molecule has 6 heteroatoms. The molecule has 0 saturated heterocycles.